The Balaban J connectivity index is 0.000000202. The first-order valence-electron chi connectivity index (χ1n) is 13.7. The molecule has 0 saturated carbocycles. The molecule has 2 nitrogen and oxygen atoms in total. The van der Waals surface area contributed by atoms with Gasteiger partial charge in [-0.3, -0.25) is 0 Å². The van der Waals surface area contributed by atoms with Gasteiger partial charge in [-0.05, 0) is 39.8 Å². The first-order valence-corrected chi connectivity index (χ1v) is 15.9. The number of hydrogen-bond donors (Lipinski definition) is 0. The van der Waals surface area contributed by atoms with E-state index >= 15 is 0 Å². The number of halogens is 2. The summed E-state index contributed by atoms with van der Waals surface area (Å²) in [6.07, 6.45) is 5.97. The van der Waals surface area contributed by atoms with E-state index in [4.69, 9.17) is 0 Å². The van der Waals surface area contributed by atoms with Crippen LogP contribution in [0.4, 0.5) is 8.78 Å². The SMILES string of the molecule is CB(c1ccccc1)c1ccccc1.Fc1cccc([Si](Cn2ccnc2)(c2ccccc2)c2cccc(F)c2)c1. The van der Waals surface area contributed by atoms with E-state index in [9.17, 15) is 8.78 Å². The monoisotopic (exact) mass is 556 g/mol. The van der Waals surface area contributed by atoms with Gasteiger partial charge in [-0.2, -0.15) is 0 Å². The Morgan fingerprint density at radius 1 is 0.610 bits per heavy atom. The summed E-state index contributed by atoms with van der Waals surface area (Å²) in [4.78, 5) is 4.16. The third-order valence-corrected chi connectivity index (χ3v) is 12.2. The van der Waals surface area contributed by atoms with Crippen molar-refractivity contribution in [1.29, 1.82) is 0 Å². The second kappa shape index (κ2) is 13.2. The van der Waals surface area contributed by atoms with Gasteiger partial charge in [0.1, 0.15) is 11.6 Å². The minimum Gasteiger partial charge on any atom is -0.339 e. The van der Waals surface area contributed by atoms with E-state index in [2.05, 4.69) is 84.6 Å². The Morgan fingerprint density at radius 3 is 1.51 bits per heavy atom. The van der Waals surface area contributed by atoms with E-state index in [1.54, 1.807) is 36.8 Å². The fraction of sp³-hybridized carbons (Fsp3) is 0.0571. The Morgan fingerprint density at radius 2 is 1.07 bits per heavy atom. The highest BCUT2D eigenvalue weighted by atomic mass is 28.3. The fourth-order valence-corrected chi connectivity index (χ4v) is 9.91. The minimum absolute atomic E-state index is 0.289. The summed E-state index contributed by atoms with van der Waals surface area (Å²) in [5.74, 6) is -0.579. The molecule has 0 spiro atoms. The van der Waals surface area contributed by atoms with E-state index < -0.39 is 8.07 Å². The summed E-state index contributed by atoms with van der Waals surface area (Å²) < 4.78 is 30.4. The molecule has 0 aliphatic heterocycles. The standard InChI is InChI=1S/C22H18F2N2Si.C13H13B/c23-18-6-4-10-21(14-18)27(17-26-13-12-25-16-26,20-8-2-1-3-9-20)22-11-5-7-19(24)15-22;1-14(12-8-4-2-5-9-12)13-10-6-3-7-11-13/h1-16H,17H2;2-11H,1H3. The molecule has 0 amide bonds. The summed E-state index contributed by atoms with van der Waals surface area (Å²) in [7, 11) is -2.75. The molecule has 0 radical (unpaired) electrons. The van der Waals surface area contributed by atoms with Crippen LogP contribution in [0.25, 0.3) is 0 Å². The molecule has 0 N–H and O–H groups in total. The number of hydrogen-bond acceptors (Lipinski definition) is 1. The van der Waals surface area contributed by atoms with Gasteiger partial charge in [0, 0.05) is 18.6 Å². The molecule has 0 fully saturated rings. The maximum absolute atomic E-state index is 14.2. The van der Waals surface area contributed by atoms with E-state index in [1.165, 1.54) is 23.1 Å². The maximum Gasteiger partial charge on any atom is 0.206 e. The number of nitrogens with zero attached hydrogens (tertiary/aromatic N) is 2. The van der Waals surface area contributed by atoms with Gasteiger partial charge in [0.15, 0.2) is 8.07 Å². The number of benzene rings is 5. The van der Waals surface area contributed by atoms with Gasteiger partial charge in [0.25, 0.3) is 0 Å². The zero-order valence-corrected chi connectivity index (χ0v) is 23.9. The van der Waals surface area contributed by atoms with Crippen molar-refractivity contribution in [1.82, 2.24) is 9.55 Å². The molecule has 0 aliphatic rings. The van der Waals surface area contributed by atoms with Crippen molar-refractivity contribution in [2.24, 2.45) is 0 Å². The van der Waals surface area contributed by atoms with Crippen molar-refractivity contribution in [3.05, 3.63) is 170 Å². The molecule has 0 aliphatic carbocycles. The highest BCUT2D eigenvalue weighted by Crippen LogP contribution is 2.13. The molecule has 6 aromatic rings. The van der Waals surface area contributed by atoms with Gasteiger partial charge in [-0.25, -0.2) is 13.8 Å². The summed E-state index contributed by atoms with van der Waals surface area (Å²) >= 11 is 0. The van der Waals surface area contributed by atoms with Crippen molar-refractivity contribution >= 4 is 41.3 Å². The lowest BCUT2D eigenvalue weighted by molar-refractivity contribution is 0.628. The van der Waals surface area contributed by atoms with Crippen LogP contribution in [-0.2, 0) is 6.17 Å². The summed E-state index contributed by atoms with van der Waals surface area (Å²) in [5.41, 5.74) is 2.75. The van der Waals surface area contributed by atoms with Crippen molar-refractivity contribution in [3.8, 4) is 0 Å². The average molecular weight is 557 g/mol. The maximum atomic E-state index is 14.2. The Kier molecular flexibility index (Phi) is 9.02. The molecule has 41 heavy (non-hydrogen) atoms. The van der Waals surface area contributed by atoms with E-state index in [0.717, 1.165) is 15.6 Å². The van der Waals surface area contributed by atoms with E-state index in [-0.39, 0.29) is 11.6 Å². The average Bonchev–Trinajstić information content (AvgIpc) is 3.54. The first-order chi connectivity index (χ1) is 20.1. The quantitative estimate of drug-likeness (QED) is 0.204. The van der Waals surface area contributed by atoms with Gasteiger partial charge in [-0.15, -0.1) is 0 Å². The van der Waals surface area contributed by atoms with Crippen LogP contribution in [0.15, 0.2) is 158 Å². The molecular formula is C35H31BF2N2Si. The molecule has 5 aromatic carbocycles. The summed E-state index contributed by atoms with van der Waals surface area (Å²) in [6, 6.07) is 44.6. The minimum atomic E-state index is -2.75. The van der Waals surface area contributed by atoms with Gasteiger partial charge >= 0.3 is 0 Å². The topological polar surface area (TPSA) is 17.8 Å². The highest BCUT2D eigenvalue weighted by Gasteiger charge is 2.40. The first kappa shape index (κ1) is 28.0. The zero-order chi connectivity index (χ0) is 28.5. The lowest BCUT2D eigenvalue weighted by atomic mass is 9.43. The van der Waals surface area contributed by atoms with Gasteiger partial charge < -0.3 is 4.57 Å². The van der Waals surface area contributed by atoms with Crippen LogP contribution in [-0.4, -0.2) is 24.3 Å². The second-order valence-electron chi connectivity index (χ2n) is 10.1. The normalized spacial score (nSPS) is 10.9. The lowest BCUT2D eigenvalue weighted by Crippen LogP contribution is -2.69. The van der Waals surface area contributed by atoms with Gasteiger partial charge in [-0.1, -0.05) is 133 Å². The molecule has 202 valence electrons. The largest absolute Gasteiger partial charge is 0.339 e. The zero-order valence-electron chi connectivity index (χ0n) is 22.9. The fourth-order valence-electron chi connectivity index (χ4n) is 5.33. The Bertz CT molecular complexity index is 1560. The Hall–Kier alpha value is -4.55. The summed E-state index contributed by atoms with van der Waals surface area (Å²) in [6.45, 7) is 2.72. The van der Waals surface area contributed by atoms with E-state index in [1.807, 2.05) is 41.1 Å². The van der Waals surface area contributed by atoms with Crippen molar-refractivity contribution in [2.45, 2.75) is 13.0 Å². The molecular weight excluding hydrogens is 525 g/mol. The second-order valence-corrected chi connectivity index (χ2v) is 13.9. The van der Waals surface area contributed by atoms with Gasteiger partial charge in [0.05, 0.1) is 6.33 Å². The van der Waals surface area contributed by atoms with Crippen molar-refractivity contribution < 1.29 is 8.78 Å². The highest BCUT2D eigenvalue weighted by molar-refractivity contribution is 7.10. The smallest absolute Gasteiger partial charge is 0.206 e. The van der Waals surface area contributed by atoms with Crippen LogP contribution in [0.1, 0.15) is 0 Å². The molecule has 0 unspecified atom stereocenters. The number of aromatic nitrogens is 2. The third-order valence-electron chi connectivity index (χ3n) is 7.48. The van der Waals surface area contributed by atoms with Crippen LogP contribution in [0.5, 0.6) is 0 Å². The number of imidazole rings is 1. The molecule has 1 aromatic heterocycles. The molecule has 6 heteroatoms. The van der Waals surface area contributed by atoms with Crippen LogP contribution in [0, 0.1) is 11.6 Å². The predicted molar refractivity (Wildman–Crippen MR) is 170 cm³/mol. The van der Waals surface area contributed by atoms with E-state index in [0.29, 0.717) is 12.9 Å². The molecule has 0 saturated heterocycles. The molecule has 6 rings (SSSR count). The van der Waals surface area contributed by atoms with Gasteiger partial charge in [0.2, 0.25) is 6.71 Å². The van der Waals surface area contributed by atoms with Crippen LogP contribution < -0.4 is 26.5 Å². The molecule has 0 atom stereocenters. The van der Waals surface area contributed by atoms with Crippen molar-refractivity contribution in [2.75, 3.05) is 0 Å². The number of rotatable bonds is 7. The predicted octanol–water partition coefficient (Wildman–Crippen LogP) is 4.80. The molecule has 1 heterocycles. The lowest BCUT2D eigenvalue weighted by Gasteiger charge is -2.34. The summed E-state index contributed by atoms with van der Waals surface area (Å²) in [5, 5.41) is 2.89. The molecule has 0 bridgehead atoms. The van der Waals surface area contributed by atoms with Crippen LogP contribution in [0.2, 0.25) is 6.82 Å². The Labute approximate surface area is 242 Å². The third kappa shape index (κ3) is 6.61. The van der Waals surface area contributed by atoms with Crippen molar-refractivity contribution in [3.63, 3.8) is 0 Å². The van der Waals surface area contributed by atoms with Crippen LogP contribution >= 0.6 is 0 Å². The van der Waals surface area contributed by atoms with Crippen LogP contribution in [0.3, 0.4) is 0 Å².